The second-order valence-electron chi connectivity index (χ2n) is 21.6. The third kappa shape index (κ3) is 61.4. The summed E-state index contributed by atoms with van der Waals surface area (Å²) in [5, 5.41) is 0. The number of unbranched alkanes of at least 4 members (excludes halogenated alkanes) is 34. The van der Waals surface area contributed by atoms with E-state index in [0.29, 0.717) is 19.3 Å². The van der Waals surface area contributed by atoms with E-state index in [0.717, 1.165) is 103 Å². The van der Waals surface area contributed by atoms with Gasteiger partial charge in [-0.15, -0.1) is 0 Å². The first-order chi connectivity index (χ1) is 37.5. The van der Waals surface area contributed by atoms with Gasteiger partial charge in [0.15, 0.2) is 6.10 Å². The molecule has 6 nitrogen and oxygen atoms in total. The zero-order valence-corrected chi connectivity index (χ0v) is 50.3. The second-order valence-corrected chi connectivity index (χ2v) is 21.6. The molecule has 0 aromatic carbocycles. The summed E-state index contributed by atoms with van der Waals surface area (Å²) in [5.41, 5.74) is 0. The van der Waals surface area contributed by atoms with Crippen molar-refractivity contribution < 1.29 is 28.6 Å². The van der Waals surface area contributed by atoms with E-state index in [1.807, 2.05) is 0 Å². The molecule has 0 fully saturated rings. The minimum absolute atomic E-state index is 0.0786. The van der Waals surface area contributed by atoms with Gasteiger partial charge in [-0.3, -0.25) is 14.4 Å². The number of carbonyl (C=O) groups is 3. The van der Waals surface area contributed by atoms with E-state index in [9.17, 15) is 14.4 Å². The van der Waals surface area contributed by atoms with E-state index >= 15 is 0 Å². The number of allylic oxidation sites excluding steroid dienone is 14. The van der Waals surface area contributed by atoms with Crippen molar-refractivity contribution in [3.8, 4) is 0 Å². The fraction of sp³-hybridized carbons (Fsp3) is 0.757. The Labute approximate surface area is 471 Å². The van der Waals surface area contributed by atoms with Gasteiger partial charge in [-0.25, -0.2) is 0 Å². The highest BCUT2D eigenvalue weighted by atomic mass is 16.6. The monoisotopic (exact) mass is 1060 g/mol. The van der Waals surface area contributed by atoms with Crippen LogP contribution in [0.2, 0.25) is 0 Å². The lowest BCUT2D eigenvalue weighted by atomic mass is 10.0. The number of hydrogen-bond donors (Lipinski definition) is 0. The molecule has 0 aromatic heterocycles. The molecule has 76 heavy (non-hydrogen) atoms. The highest BCUT2D eigenvalue weighted by Crippen LogP contribution is 2.17. The standard InChI is InChI=1S/C70H122O6/c1-4-7-10-13-16-18-20-22-24-26-28-30-32-33-34-35-36-37-39-40-42-44-46-48-50-52-54-57-60-63-69(72)75-66-67(65-74-68(71)62-59-56-15-12-9-6-3)76-70(73)64-61-58-55-53-51-49-47-45-43-41-38-31-29-27-25-23-21-19-17-14-11-8-5-2/h8,11,17,19-20,22-23,25-26,28-29,31,41,43,67H,4-7,9-10,12-16,18,21,24,27,30,32-40,42,44-66H2,1-3H3/b11-8-,19-17-,22-20-,25-23-,28-26-,31-29-,43-41-. The van der Waals surface area contributed by atoms with Crippen LogP contribution in [0.3, 0.4) is 0 Å². The quantitative estimate of drug-likeness (QED) is 0.0261. The molecule has 0 N–H and O–H groups in total. The SMILES string of the molecule is CC/C=C\C/C=C\C/C=C\C/C=C\C/C=C\CCCCCCCCCC(=O)OC(COC(=O)CCCCCCCC)COC(=O)CCCCCCCCCCCCCCCCCCC/C=C\C/C=C\CCCCCCC. The molecule has 0 saturated heterocycles. The van der Waals surface area contributed by atoms with Crippen LogP contribution in [0.1, 0.15) is 323 Å². The minimum atomic E-state index is -0.779. The molecule has 0 aliphatic heterocycles. The molecule has 438 valence electrons. The summed E-state index contributed by atoms with van der Waals surface area (Å²) >= 11 is 0. The molecule has 0 radical (unpaired) electrons. The van der Waals surface area contributed by atoms with Gasteiger partial charge in [-0.05, 0) is 96.3 Å². The van der Waals surface area contributed by atoms with Gasteiger partial charge in [0.2, 0.25) is 0 Å². The van der Waals surface area contributed by atoms with E-state index in [-0.39, 0.29) is 31.1 Å². The smallest absolute Gasteiger partial charge is 0.306 e. The van der Waals surface area contributed by atoms with Crippen LogP contribution >= 0.6 is 0 Å². The molecule has 6 heteroatoms. The molecule has 0 aliphatic rings. The Morgan fingerprint density at radius 3 is 0.803 bits per heavy atom. The molecule has 0 amide bonds. The number of hydrogen-bond acceptors (Lipinski definition) is 6. The average Bonchev–Trinajstić information content (AvgIpc) is 3.42. The van der Waals surface area contributed by atoms with Crippen molar-refractivity contribution in [3.05, 3.63) is 85.1 Å². The van der Waals surface area contributed by atoms with Crippen LogP contribution < -0.4 is 0 Å². The second kappa shape index (κ2) is 64.1. The molecule has 0 heterocycles. The summed E-state index contributed by atoms with van der Waals surface area (Å²) < 4.78 is 16.8. The third-order valence-electron chi connectivity index (χ3n) is 14.1. The Kier molecular flexibility index (Phi) is 61.2. The number of esters is 3. The van der Waals surface area contributed by atoms with Crippen LogP contribution in [0.25, 0.3) is 0 Å². The zero-order chi connectivity index (χ0) is 55.0. The van der Waals surface area contributed by atoms with Crippen molar-refractivity contribution in [1.82, 2.24) is 0 Å². The number of ether oxygens (including phenoxy) is 3. The van der Waals surface area contributed by atoms with E-state index in [4.69, 9.17) is 14.2 Å². The summed E-state index contributed by atoms with van der Waals surface area (Å²) in [6, 6.07) is 0. The molecule has 0 aromatic rings. The fourth-order valence-corrected chi connectivity index (χ4v) is 9.27. The number of carbonyl (C=O) groups excluding carboxylic acids is 3. The van der Waals surface area contributed by atoms with E-state index < -0.39 is 6.10 Å². The van der Waals surface area contributed by atoms with Gasteiger partial charge in [0, 0.05) is 19.3 Å². The molecular formula is C70H122O6. The first-order valence-corrected chi connectivity index (χ1v) is 32.6. The molecule has 1 atom stereocenters. The van der Waals surface area contributed by atoms with Crippen LogP contribution in [-0.4, -0.2) is 37.2 Å². The van der Waals surface area contributed by atoms with Crippen molar-refractivity contribution in [2.75, 3.05) is 13.2 Å². The van der Waals surface area contributed by atoms with Gasteiger partial charge in [0.25, 0.3) is 0 Å². The Morgan fingerprint density at radius 1 is 0.276 bits per heavy atom. The maximum atomic E-state index is 12.8. The molecule has 0 spiro atoms. The maximum absolute atomic E-state index is 12.8. The molecule has 0 saturated carbocycles. The topological polar surface area (TPSA) is 78.9 Å². The van der Waals surface area contributed by atoms with Crippen LogP contribution in [0, 0.1) is 0 Å². The first-order valence-electron chi connectivity index (χ1n) is 32.6. The van der Waals surface area contributed by atoms with E-state index in [2.05, 4.69) is 106 Å². The van der Waals surface area contributed by atoms with E-state index in [1.165, 1.54) is 180 Å². The summed E-state index contributed by atoms with van der Waals surface area (Å²) in [4.78, 5) is 38.0. The van der Waals surface area contributed by atoms with Gasteiger partial charge in [-0.1, -0.05) is 292 Å². The van der Waals surface area contributed by atoms with Crippen molar-refractivity contribution in [3.63, 3.8) is 0 Å². The number of rotatable bonds is 59. The van der Waals surface area contributed by atoms with Crippen molar-refractivity contribution in [1.29, 1.82) is 0 Å². The Bertz CT molecular complexity index is 1450. The largest absolute Gasteiger partial charge is 0.462 e. The first kappa shape index (κ1) is 72.6. The summed E-state index contributed by atoms with van der Waals surface area (Å²) in [6.45, 7) is 6.48. The van der Waals surface area contributed by atoms with Crippen LogP contribution in [0.5, 0.6) is 0 Å². The van der Waals surface area contributed by atoms with Crippen molar-refractivity contribution in [2.24, 2.45) is 0 Å². The minimum Gasteiger partial charge on any atom is -0.462 e. The normalized spacial score (nSPS) is 12.6. The van der Waals surface area contributed by atoms with Gasteiger partial charge in [-0.2, -0.15) is 0 Å². The van der Waals surface area contributed by atoms with Crippen LogP contribution in [-0.2, 0) is 28.6 Å². The van der Waals surface area contributed by atoms with Crippen LogP contribution in [0.4, 0.5) is 0 Å². The van der Waals surface area contributed by atoms with Crippen molar-refractivity contribution in [2.45, 2.75) is 329 Å². The molecule has 0 aliphatic carbocycles. The summed E-state index contributed by atoms with van der Waals surface area (Å²) in [5.74, 6) is -0.888. The lowest BCUT2D eigenvalue weighted by Crippen LogP contribution is -2.30. The van der Waals surface area contributed by atoms with Crippen LogP contribution in [0.15, 0.2) is 85.1 Å². The van der Waals surface area contributed by atoms with Gasteiger partial charge in [0.1, 0.15) is 13.2 Å². The highest BCUT2D eigenvalue weighted by molar-refractivity contribution is 5.71. The summed E-state index contributed by atoms with van der Waals surface area (Å²) in [6.07, 6.45) is 84.9. The average molecular weight is 1060 g/mol. The van der Waals surface area contributed by atoms with Gasteiger partial charge in [0.05, 0.1) is 0 Å². The third-order valence-corrected chi connectivity index (χ3v) is 14.1. The molecule has 0 bridgehead atoms. The van der Waals surface area contributed by atoms with E-state index in [1.54, 1.807) is 0 Å². The highest BCUT2D eigenvalue weighted by Gasteiger charge is 2.19. The van der Waals surface area contributed by atoms with Gasteiger partial charge < -0.3 is 14.2 Å². The van der Waals surface area contributed by atoms with Crippen molar-refractivity contribution >= 4 is 17.9 Å². The Balaban J connectivity index is 4.06. The fourth-order valence-electron chi connectivity index (χ4n) is 9.27. The lowest BCUT2D eigenvalue weighted by Gasteiger charge is -2.18. The maximum Gasteiger partial charge on any atom is 0.306 e. The predicted molar refractivity (Wildman–Crippen MR) is 330 cm³/mol. The lowest BCUT2D eigenvalue weighted by molar-refractivity contribution is -0.167. The summed E-state index contributed by atoms with van der Waals surface area (Å²) in [7, 11) is 0. The Morgan fingerprint density at radius 2 is 0.513 bits per heavy atom. The zero-order valence-electron chi connectivity index (χ0n) is 50.3. The van der Waals surface area contributed by atoms with Gasteiger partial charge >= 0.3 is 17.9 Å². The Hall–Kier alpha value is -3.41. The predicted octanol–water partition coefficient (Wildman–Crippen LogP) is 22.3. The molecular weight excluding hydrogens is 937 g/mol. The molecule has 1 unspecified atom stereocenters. The molecule has 0 rings (SSSR count).